The second-order valence-corrected chi connectivity index (χ2v) is 3.52. The number of hydrogen-bond donors (Lipinski definition) is 1. The molecule has 0 amide bonds. The highest BCUT2D eigenvalue weighted by Crippen LogP contribution is 2.19. The van der Waals surface area contributed by atoms with Crippen LogP contribution in [0.5, 0.6) is 0 Å². The Kier molecular flexibility index (Phi) is 3.63. The maximum Gasteiger partial charge on any atom is 0.329 e. The third-order valence-electron chi connectivity index (χ3n) is 2.16. The number of hydrogen-bond acceptors (Lipinski definition) is 6. The van der Waals surface area contributed by atoms with Gasteiger partial charge in [-0.05, 0) is 19.1 Å². The lowest BCUT2D eigenvalue weighted by atomic mass is 10.2. The molecule has 0 aliphatic heterocycles. The Balaban J connectivity index is 2.06. The molecule has 2 rings (SSSR count). The highest BCUT2D eigenvalue weighted by Gasteiger charge is 2.11. The number of pyridine rings is 1. The van der Waals surface area contributed by atoms with Gasteiger partial charge in [0, 0.05) is 11.9 Å². The Morgan fingerprint density at radius 2 is 2.33 bits per heavy atom. The molecule has 2 aromatic heterocycles. The maximum atomic E-state index is 10.3. The third kappa shape index (κ3) is 2.89. The zero-order chi connectivity index (χ0) is 13.0. The van der Waals surface area contributed by atoms with Crippen LogP contribution in [-0.4, -0.2) is 32.9 Å². The first-order valence-corrected chi connectivity index (χ1v) is 5.20. The number of carbonyl (C=O) groups is 1. The first kappa shape index (κ1) is 12.2. The van der Waals surface area contributed by atoms with E-state index < -0.39 is 12.6 Å². The summed E-state index contributed by atoms with van der Waals surface area (Å²) in [5.41, 5.74) is 1.52. The molecule has 18 heavy (non-hydrogen) atoms. The minimum absolute atomic E-state index is 0.0292. The quantitative estimate of drug-likeness (QED) is 0.845. The summed E-state index contributed by atoms with van der Waals surface area (Å²) in [5, 5.41) is 16.0. The molecule has 0 fully saturated rings. The summed E-state index contributed by atoms with van der Waals surface area (Å²) >= 11 is 0. The van der Waals surface area contributed by atoms with Crippen molar-refractivity contribution in [1.82, 2.24) is 15.2 Å². The lowest BCUT2D eigenvalue weighted by molar-refractivity contribution is -0.142. The number of ether oxygens (including phenoxy) is 1. The van der Waals surface area contributed by atoms with Gasteiger partial charge in [-0.15, -0.1) is 10.2 Å². The zero-order valence-electron chi connectivity index (χ0n) is 9.66. The average Bonchev–Trinajstić information content (AvgIpc) is 2.78. The molecule has 0 atom stereocenters. The normalized spacial score (nSPS) is 10.5. The van der Waals surface area contributed by atoms with Crippen molar-refractivity contribution in [2.24, 2.45) is 0 Å². The van der Waals surface area contributed by atoms with Crippen LogP contribution in [0.15, 0.2) is 22.7 Å². The van der Waals surface area contributed by atoms with Crippen molar-refractivity contribution >= 4 is 5.97 Å². The van der Waals surface area contributed by atoms with E-state index in [2.05, 4.69) is 15.2 Å². The summed E-state index contributed by atoms with van der Waals surface area (Å²) < 4.78 is 10.2. The van der Waals surface area contributed by atoms with Crippen LogP contribution in [0.1, 0.15) is 11.6 Å². The fourth-order valence-corrected chi connectivity index (χ4v) is 1.36. The predicted octanol–water partition coefficient (Wildman–Crippen LogP) is 1.04. The van der Waals surface area contributed by atoms with Crippen LogP contribution in [0.2, 0.25) is 0 Å². The summed E-state index contributed by atoms with van der Waals surface area (Å²) in [6.45, 7) is 1.41. The molecule has 0 aromatic carbocycles. The van der Waals surface area contributed by atoms with E-state index in [-0.39, 0.29) is 12.5 Å². The van der Waals surface area contributed by atoms with Gasteiger partial charge < -0.3 is 14.3 Å². The number of carboxylic acids is 1. The van der Waals surface area contributed by atoms with Crippen molar-refractivity contribution in [3.8, 4) is 11.5 Å². The molecule has 94 valence electrons. The number of aromatic nitrogens is 3. The van der Waals surface area contributed by atoms with Crippen LogP contribution in [0.25, 0.3) is 11.5 Å². The summed E-state index contributed by atoms with van der Waals surface area (Å²) in [5.74, 6) is -0.470. The van der Waals surface area contributed by atoms with Crippen molar-refractivity contribution in [3.63, 3.8) is 0 Å². The first-order chi connectivity index (χ1) is 8.66. The molecule has 0 unspecified atom stereocenters. The molecule has 2 aromatic rings. The maximum absolute atomic E-state index is 10.3. The van der Waals surface area contributed by atoms with E-state index in [1.54, 1.807) is 12.3 Å². The van der Waals surface area contributed by atoms with Crippen LogP contribution in [0.3, 0.4) is 0 Å². The third-order valence-corrected chi connectivity index (χ3v) is 2.16. The van der Waals surface area contributed by atoms with Crippen molar-refractivity contribution in [1.29, 1.82) is 0 Å². The fraction of sp³-hybridized carbons (Fsp3) is 0.273. The zero-order valence-corrected chi connectivity index (χ0v) is 9.66. The molecule has 0 aliphatic carbocycles. The number of aliphatic carboxylic acids is 1. The molecule has 7 nitrogen and oxygen atoms in total. The Morgan fingerprint density at radius 3 is 3.06 bits per heavy atom. The van der Waals surface area contributed by atoms with Gasteiger partial charge in [0.25, 0.3) is 0 Å². The Hall–Kier alpha value is -2.28. The molecule has 0 spiro atoms. The highest BCUT2D eigenvalue weighted by molar-refractivity contribution is 5.67. The molecular formula is C11H11N3O4. The number of rotatable bonds is 5. The lowest BCUT2D eigenvalue weighted by Gasteiger charge is -1.98. The van der Waals surface area contributed by atoms with Crippen LogP contribution in [0, 0.1) is 6.92 Å². The van der Waals surface area contributed by atoms with Crippen LogP contribution in [0.4, 0.5) is 0 Å². The lowest BCUT2D eigenvalue weighted by Crippen LogP contribution is -2.06. The smallest absolute Gasteiger partial charge is 0.329 e. The van der Waals surface area contributed by atoms with E-state index in [9.17, 15) is 4.79 Å². The molecule has 2 heterocycles. The standard InChI is InChI=1S/C11H11N3O4/c1-7-8(3-2-4-12-7)11-14-13-9(18-11)5-17-6-10(15)16/h2-4H,5-6H2,1H3,(H,15,16). The van der Waals surface area contributed by atoms with E-state index in [1.807, 2.05) is 13.0 Å². The summed E-state index contributed by atoms with van der Waals surface area (Å²) in [4.78, 5) is 14.4. The minimum atomic E-state index is -1.04. The SMILES string of the molecule is Cc1ncccc1-c1nnc(COCC(=O)O)o1. The topological polar surface area (TPSA) is 98.3 Å². The number of aryl methyl sites for hydroxylation is 1. The van der Waals surface area contributed by atoms with Gasteiger partial charge in [0.05, 0.1) is 5.56 Å². The Morgan fingerprint density at radius 1 is 1.50 bits per heavy atom. The van der Waals surface area contributed by atoms with E-state index in [4.69, 9.17) is 14.3 Å². The molecule has 0 saturated carbocycles. The average molecular weight is 249 g/mol. The van der Waals surface area contributed by atoms with Gasteiger partial charge in [0.2, 0.25) is 11.8 Å². The van der Waals surface area contributed by atoms with E-state index >= 15 is 0 Å². The monoisotopic (exact) mass is 249 g/mol. The van der Waals surface area contributed by atoms with Gasteiger partial charge in [-0.3, -0.25) is 4.98 Å². The fourth-order valence-electron chi connectivity index (χ4n) is 1.36. The molecule has 0 radical (unpaired) electrons. The van der Waals surface area contributed by atoms with Gasteiger partial charge >= 0.3 is 5.97 Å². The largest absolute Gasteiger partial charge is 0.480 e. The van der Waals surface area contributed by atoms with E-state index in [0.29, 0.717) is 5.89 Å². The predicted molar refractivity (Wildman–Crippen MR) is 59.6 cm³/mol. The summed E-state index contributed by atoms with van der Waals surface area (Å²) in [6, 6.07) is 3.59. The minimum Gasteiger partial charge on any atom is -0.480 e. The van der Waals surface area contributed by atoms with Gasteiger partial charge in [0.1, 0.15) is 13.2 Å². The second-order valence-electron chi connectivity index (χ2n) is 3.52. The Bertz CT molecular complexity index is 553. The molecule has 0 aliphatic rings. The summed E-state index contributed by atoms with van der Waals surface area (Å²) in [7, 11) is 0. The number of nitrogens with zero attached hydrogens (tertiary/aromatic N) is 3. The van der Waals surface area contributed by atoms with Crippen LogP contribution >= 0.6 is 0 Å². The van der Waals surface area contributed by atoms with Gasteiger partial charge in [-0.2, -0.15) is 0 Å². The van der Waals surface area contributed by atoms with Gasteiger partial charge in [0.15, 0.2) is 0 Å². The van der Waals surface area contributed by atoms with Crippen molar-refractivity contribution in [2.75, 3.05) is 6.61 Å². The second kappa shape index (κ2) is 5.37. The van der Waals surface area contributed by atoms with Gasteiger partial charge in [-0.1, -0.05) is 0 Å². The molecule has 0 bridgehead atoms. The summed E-state index contributed by atoms with van der Waals surface area (Å²) in [6.07, 6.45) is 1.67. The Labute approximate surface area is 102 Å². The van der Waals surface area contributed by atoms with Gasteiger partial charge in [-0.25, -0.2) is 4.79 Å². The van der Waals surface area contributed by atoms with Crippen molar-refractivity contribution < 1.29 is 19.1 Å². The van der Waals surface area contributed by atoms with Crippen LogP contribution in [-0.2, 0) is 16.1 Å². The van der Waals surface area contributed by atoms with Crippen molar-refractivity contribution in [2.45, 2.75) is 13.5 Å². The van der Waals surface area contributed by atoms with E-state index in [1.165, 1.54) is 0 Å². The van der Waals surface area contributed by atoms with Crippen molar-refractivity contribution in [3.05, 3.63) is 29.9 Å². The first-order valence-electron chi connectivity index (χ1n) is 5.20. The van der Waals surface area contributed by atoms with E-state index in [0.717, 1.165) is 11.3 Å². The number of carboxylic acid groups (broad SMARTS) is 1. The molecule has 7 heteroatoms. The van der Waals surface area contributed by atoms with Crippen LogP contribution < -0.4 is 0 Å². The molecule has 0 saturated heterocycles. The molecular weight excluding hydrogens is 238 g/mol. The molecule has 1 N–H and O–H groups in total. The highest BCUT2D eigenvalue weighted by atomic mass is 16.5.